The Hall–Kier alpha value is -1.81. The standard InChI is InChI=1S/C15H14F3N/c1-19-10-11-4-2-5-12(8-11)13-6-3-7-14(9-13)15(16,17)18/h2-9,19H,10H2,1H3. The maximum Gasteiger partial charge on any atom is 0.416 e. The lowest BCUT2D eigenvalue weighted by Gasteiger charge is -2.10. The lowest BCUT2D eigenvalue weighted by Crippen LogP contribution is -2.05. The van der Waals surface area contributed by atoms with Crippen LogP contribution in [0.5, 0.6) is 0 Å². The molecule has 0 bridgehead atoms. The zero-order chi connectivity index (χ0) is 13.9. The van der Waals surface area contributed by atoms with Crippen molar-refractivity contribution in [3.63, 3.8) is 0 Å². The number of benzene rings is 2. The van der Waals surface area contributed by atoms with Crippen molar-refractivity contribution in [3.05, 3.63) is 59.7 Å². The molecule has 100 valence electrons. The van der Waals surface area contributed by atoms with Gasteiger partial charge in [0, 0.05) is 6.54 Å². The molecular weight excluding hydrogens is 251 g/mol. The lowest BCUT2D eigenvalue weighted by molar-refractivity contribution is -0.137. The van der Waals surface area contributed by atoms with E-state index in [1.165, 1.54) is 12.1 Å². The fraction of sp³-hybridized carbons (Fsp3) is 0.200. The van der Waals surface area contributed by atoms with Crippen LogP contribution in [0.3, 0.4) is 0 Å². The highest BCUT2D eigenvalue weighted by Gasteiger charge is 2.30. The summed E-state index contributed by atoms with van der Waals surface area (Å²) in [5.41, 5.74) is 1.79. The van der Waals surface area contributed by atoms with Gasteiger partial charge in [-0.25, -0.2) is 0 Å². The smallest absolute Gasteiger partial charge is 0.316 e. The van der Waals surface area contributed by atoms with Gasteiger partial charge >= 0.3 is 6.18 Å². The van der Waals surface area contributed by atoms with Gasteiger partial charge in [-0.3, -0.25) is 0 Å². The highest BCUT2D eigenvalue weighted by atomic mass is 19.4. The summed E-state index contributed by atoms with van der Waals surface area (Å²) in [7, 11) is 1.83. The minimum Gasteiger partial charge on any atom is -0.316 e. The number of hydrogen-bond donors (Lipinski definition) is 1. The Labute approximate surface area is 110 Å². The molecule has 2 aromatic carbocycles. The molecule has 0 aromatic heterocycles. The maximum atomic E-state index is 12.7. The lowest BCUT2D eigenvalue weighted by atomic mass is 10.0. The van der Waals surface area contributed by atoms with E-state index in [1.807, 2.05) is 31.3 Å². The van der Waals surface area contributed by atoms with Crippen molar-refractivity contribution in [3.8, 4) is 11.1 Å². The van der Waals surface area contributed by atoms with Gasteiger partial charge in [-0.15, -0.1) is 0 Å². The van der Waals surface area contributed by atoms with Crippen molar-refractivity contribution < 1.29 is 13.2 Å². The van der Waals surface area contributed by atoms with Crippen LogP contribution in [0.25, 0.3) is 11.1 Å². The summed E-state index contributed by atoms with van der Waals surface area (Å²) in [5, 5.41) is 3.02. The quantitative estimate of drug-likeness (QED) is 0.881. The van der Waals surface area contributed by atoms with Crippen LogP contribution in [-0.2, 0) is 12.7 Å². The van der Waals surface area contributed by atoms with Crippen LogP contribution in [0, 0.1) is 0 Å². The van der Waals surface area contributed by atoms with E-state index in [0.29, 0.717) is 12.1 Å². The van der Waals surface area contributed by atoms with Crippen LogP contribution in [0.4, 0.5) is 13.2 Å². The molecule has 4 heteroatoms. The van der Waals surface area contributed by atoms with Crippen molar-refractivity contribution in [2.45, 2.75) is 12.7 Å². The van der Waals surface area contributed by atoms with E-state index in [4.69, 9.17) is 0 Å². The van der Waals surface area contributed by atoms with Crippen molar-refractivity contribution in [1.82, 2.24) is 5.32 Å². The zero-order valence-corrected chi connectivity index (χ0v) is 10.5. The van der Waals surface area contributed by atoms with Crippen LogP contribution in [0.1, 0.15) is 11.1 Å². The topological polar surface area (TPSA) is 12.0 Å². The number of hydrogen-bond acceptors (Lipinski definition) is 1. The number of nitrogens with one attached hydrogen (secondary N) is 1. The SMILES string of the molecule is CNCc1cccc(-c2cccc(C(F)(F)F)c2)c1. The average Bonchev–Trinajstić information content (AvgIpc) is 2.39. The van der Waals surface area contributed by atoms with Gasteiger partial charge in [0.2, 0.25) is 0 Å². The highest BCUT2D eigenvalue weighted by Crippen LogP contribution is 2.32. The molecule has 0 aliphatic rings. The molecule has 0 heterocycles. The molecule has 0 unspecified atom stereocenters. The van der Waals surface area contributed by atoms with E-state index in [1.54, 1.807) is 6.07 Å². The summed E-state index contributed by atoms with van der Waals surface area (Å²) in [5.74, 6) is 0. The summed E-state index contributed by atoms with van der Waals surface area (Å²) < 4.78 is 38.0. The second kappa shape index (κ2) is 5.45. The van der Waals surface area contributed by atoms with Crippen LogP contribution in [-0.4, -0.2) is 7.05 Å². The Morgan fingerprint density at radius 2 is 1.58 bits per heavy atom. The molecule has 1 N–H and O–H groups in total. The zero-order valence-electron chi connectivity index (χ0n) is 10.5. The number of alkyl halides is 3. The van der Waals surface area contributed by atoms with Crippen LogP contribution in [0.15, 0.2) is 48.5 Å². The monoisotopic (exact) mass is 265 g/mol. The Morgan fingerprint density at radius 3 is 2.21 bits per heavy atom. The average molecular weight is 265 g/mol. The minimum absolute atomic E-state index is 0.577. The molecule has 0 aliphatic carbocycles. The third kappa shape index (κ3) is 3.35. The Morgan fingerprint density at radius 1 is 0.947 bits per heavy atom. The first-order valence-corrected chi connectivity index (χ1v) is 5.92. The van der Waals surface area contributed by atoms with E-state index in [-0.39, 0.29) is 0 Å². The Balaban J connectivity index is 2.39. The molecular formula is C15H14F3N. The third-order valence-electron chi connectivity index (χ3n) is 2.83. The van der Waals surface area contributed by atoms with Crippen molar-refractivity contribution in [2.75, 3.05) is 7.05 Å². The molecule has 0 atom stereocenters. The number of halogens is 3. The normalized spacial score (nSPS) is 11.6. The number of rotatable bonds is 3. The summed E-state index contributed by atoms with van der Waals surface area (Å²) in [4.78, 5) is 0. The van der Waals surface area contributed by atoms with Crippen molar-refractivity contribution in [2.24, 2.45) is 0 Å². The van der Waals surface area contributed by atoms with Crippen molar-refractivity contribution in [1.29, 1.82) is 0 Å². The van der Waals surface area contributed by atoms with Gasteiger partial charge in [0.1, 0.15) is 0 Å². The molecule has 1 nitrogen and oxygen atoms in total. The van der Waals surface area contributed by atoms with E-state index in [0.717, 1.165) is 17.2 Å². The fourth-order valence-corrected chi connectivity index (χ4v) is 1.94. The largest absolute Gasteiger partial charge is 0.416 e. The molecule has 0 aliphatic heterocycles. The molecule has 0 amide bonds. The van der Waals surface area contributed by atoms with Gasteiger partial charge in [0.25, 0.3) is 0 Å². The first-order chi connectivity index (χ1) is 9.00. The fourth-order valence-electron chi connectivity index (χ4n) is 1.94. The van der Waals surface area contributed by atoms with E-state index < -0.39 is 11.7 Å². The molecule has 0 fully saturated rings. The minimum atomic E-state index is -4.31. The summed E-state index contributed by atoms with van der Waals surface area (Å²) in [6.45, 7) is 0.687. The van der Waals surface area contributed by atoms with Gasteiger partial charge in [-0.05, 0) is 41.9 Å². The second-order valence-corrected chi connectivity index (χ2v) is 4.31. The van der Waals surface area contributed by atoms with Gasteiger partial charge < -0.3 is 5.32 Å². The predicted octanol–water partition coefficient (Wildman–Crippen LogP) is 4.09. The predicted molar refractivity (Wildman–Crippen MR) is 69.6 cm³/mol. The summed E-state index contributed by atoms with van der Waals surface area (Å²) in [6, 6.07) is 12.9. The van der Waals surface area contributed by atoms with Crippen LogP contribution < -0.4 is 5.32 Å². The summed E-state index contributed by atoms with van der Waals surface area (Å²) >= 11 is 0. The van der Waals surface area contributed by atoms with Gasteiger partial charge in [0.15, 0.2) is 0 Å². The second-order valence-electron chi connectivity index (χ2n) is 4.31. The summed E-state index contributed by atoms with van der Waals surface area (Å²) in [6.07, 6.45) is -4.31. The van der Waals surface area contributed by atoms with Crippen LogP contribution in [0.2, 0.25) is 0 Å². The molecule has 0 saturated heterocycles. The first-order valence-electron chi connectivity index (χ1n) is 5.92. The third-order valence-corrected chi connectivity index (χ3v) is 2.83. The van der Waals surface area contributed by atoms with E-state index in [2.05, 4.69) is 5.32 Å². The molecule has 19 heavy (non-hydrogen) atoms. The Bertz CT molecular complexity index is 561. The Kier molecular flexibility index (Phi) is 3.90. The maximum absolute atomic E-state index is 12.7. The first kappa shape index (κ1) is 13.6. The van der Waals surface area contributed by atoms with Crippen LogP contribution >= 0.6 is 0 Å². The molecule has 0 spiro atoms. The van der Waals surface area contributed by atoms with E-state index in [9.17, 15) is 13.2 Å². The molecule has 0 radical (unpaired) electrons. The van der Waals surface area contributed by atoms with Gasteiger partial charge in [-0.1, -0.05) is 30.3 Å². The van der Waals surface area contributed by atoms with Gasteiger partial charge in [0.05, 0.1) is 5.56 Å². The molecule has 2 rings (SSSR count). The van der Waals surface area contributed by atoms with Gasteiger partial charge in [-0.2, -0.15) is 13.2 Å². The molecule has 2 aromatic rings. The highest BCUT2D eigenvalue weighted by molar-refractivity contribution is 5.65. The van der Waals surface area contributed by atoms with Crippen molar-refractivity contribution >= 4 is 0 Å². The molecule has 0 saturated carbocycles. The van der Waals surface area contributed by atoms with E-state index >= 15 is 0 Å².